The smallest absolute Gasteiger partial charge is 0.297 e. The van der Waals surface area contributed by atoms with E-state index in [-0.39, 0.29) is 29.9 Å². The summed E-state index contributed by atoms with van der Waals surface area (Å²) >= 11 is 0. The molecule has 3 rings (SSSR count). The van der Waals surface area contributed by atoms with Crippen LogP contribution in [0, 0.1) is 0 Å². The summed E-state index contributed by atoms with van der Waals surface area (Å²) in [5.41, 5.74) is 1.91. The second kappa shape index (κ2) is 12.7. The SMILES string of the molecule is C/C=C/c1ccc(Nc2nc(Cc3ccccc3)nc(N(CC(C)O)CC(C)O)n2)cc1S(=O)(=O)OC. The van der Waals surface area contributed by atoms with Gasteiger partial charge in [-0.1, -0.05) is 48.6 Å². The molecule has 198 valence electrons. The molecule has 0 aliphatic heterocycles. The zero-order chi connectivity index (χ0) is 27.0. The first-order valence-corrected chi connectivity index (χ1v) is 13.3. The van der Waals surface area contributed by atoms with Crippen molar-refractivity contribution in [2.45, 2.75) is 44.3 Å². The van der Waals surface area contributed by atoms with Crippen molar-refractivity contribution in [3.8, 4) is 0 Å². The maximum atomic E-state index is 12.5. The highest BCUT2D eigenvalue weighted by molar-refractivity contribution is 7.86. The Kier molecular flexibility index (Phi) is 9.70. The highest BCUT2D eigenvalue weighted by atomic mass is 32.2. The van der Waals surface area contributed by atoms with E-state index in [1.54, 1.807) is 50.0 Å². The summed E-state index contributed by atoms with van der Waals surface area (Å²) < 4.78 is 29.8. The number of aliphatic hydroxyl groups is 2. The van der Waals surface area contributed by atoms with Crippen molar-refractivity contribution in [2.24, 2.45) is 0 Å². The Hall–Kier alpha value is -3.38. The summed E-state index contributed by atoms with van der Waals surface area (Å²) in [6, 6.07) is 14.5. The highest BCUT2D eigenvalue weighted by Gasteiger charge is 2.20. The molecule has 0 bridgehead atoms. The Labute approximate surface area is 217 Å². The molecule has 0 spiro atoms. The second-order valence-corrected chi connectivity index (χ2v) is 10.3. The van der Waals surface area contributed by atoms with Gasteiger partial charge in [0, 0.05) is 25.2 Å². The summed E-state index contributed by atoms with van der Waals surface area (Å²) in [6.45, 7) is 5.48. The first-order valence-electron chi connectivity index (χ1n) is 11.9. The van der Waals surface area contributed by atoms with Crippen LogP contribution in [0.5, 0.6) is 0 Å². The molecule has 0 aliphatic carbocycles. The third-order valence-corrected chi connectivity index (χ3v) is 6.56. The minimum atomic E-state index is -3.97. The molecular weight excluding hydrogens is 494 g/mol. The van der Waals surface area contributed by atoms with Crippen molar-refractivity contribution in [1.82, 2.24) is 15.0 Å². The van der Waals surface area contributed by atoms with Gasteiger partial charge in [-0.3, -0.25) is 4.18 Å². The van der Waals surface area contributed by atoms with Gasteiger partial charge in [0.05, 0.1) is 19.3 Å². The van der Waals surface area contributed by atoms with Crippen molar-refractivity contribution < 1.29 is 22.8 Å². The molecule has 0 aliphatic rings. The number of hydrogen-bond acceptors (Lipinski definition) is 10. The van der Waals surface area contributed by atoms with Crippen molar-refractivity contribution in [3.05, 3.63) is 71.6 Å². The zero-order valence-corrected chi connectivity index (χ0v) is 22.2. The third kappa shape index (κ3) is 8.05. The van der Waals surface area contributed by atoms with Crippen LogP contribution < -0.4 is 10.2 Å². The zero-order valence-electron chi connectivity index (χ0n) is 21.4. The summed E-state index contributed by atoms with van der Waals surface area (Å²) in [7, 11) is -2.86. The molecule has 0 saturated heterocycles. The van der Waals surface area contributed by atoms with E-state index >= 15 is 0 Å². The predicted molar refractivity (Wildman–Crippen MR) is 143 cm³/mol. The molecule has 37 heavy (non-hydrogen) atoms. The van der Waals surface area contributed by atoms with Crippen LogP contribution in [-0.2, 0) is 20.7 Å². The monoisotopic (exact) mass is 527 g/mol. The number of rotatable bonds is 12. The second-order valence-electron chi connectivity index (χ2n) is 8.64. The molecule has 1 aromatic heterocycles. The third-order valence-electron chi connectivity index (χ3n) is 5.23. The number of nitrogens with zero attached hydrogens (tertiary/aromatic N) is 4. The molecule has 0 radical (unpaired) electrons. The molecule has 3 aromatic rings. The van der Waals surface area contributed by atoms with Gasteiger partial charge in [0.2, 0.25) is 11.9 Å². The average molecular weight is 528 g/mol. The molecule has 10 nitrogen and oxygen atoms in total. The largest absolute Gasteiger partial charge is 0.392 e. The fraction of sp³-hybridized carbons (Fsp3) is 0.346. The number of allylic oxidation sites excluding steroid dienone is 1. The van der Waals surface area contributed by atoms with Gasteiger partial charge in [0.1, 0.15) is 10.7 Å². The Balaban J connectivity index is 2.06. The van der Waals surface area contributed by atoms with Gasteiger partial charge in [-0.25, -0.2) is 0 Å². The van der Waals surface area contributed by atoms with Crippen LogP contribution in [0.1, 0.15) is 37.7 Å². The molecule has 0 fully saturated rings. The van der Waals surface area contributed by atoms with Crippen LogP contribution in [0.3, 0.4) is 0 Å². The lowest BCUT2D eigenvalue weighted by Crippen LogP contribution is -2.38. The number of anilines is 3. The fourth-order valence-corrected chi connectivity index (χ4v) is 4.58. The lowest BCUT2D eigenvalue weighted by Gasteiger charge is -2.26. The van der Waals surface area contributed by atoms with Crippen LogP contribution >= 0.6 is 0 Å². The standard InChI is InChI=1S/C26H33N5O5S/c1-5-9-21-12-13-22(15-23(21)37(34,35)36-4)27-25-28-24(14-20-10-7-6-8-11-20)29-26(30-25)31(16-18(2)32)17-19(3)33/h5-13,15,18-19,32-33H,14,16-17H2,1-4H3,(H,27,28,29,30)/b9-5+. The Morgan fingerprint density at radius 1 is 1.03 bits per heavy atom. The average Bonchev–Trinajstić information content (AvgIpc) is 2.84. The maximum Gasteiger partial charge on any atom is 0.297 e. The summed E-state index contributed by atoms with van der Waals surface area (Å²) in [5, 5.41) is 23.1. The van der Waals surface area contributed by atoms with Gasteiger partial charge < -0.3 is 20.4 Å². The molecule has 3 N–H and O–H groups in total. The molecule has 0 amide bonds. The van der Waals surface area contributed by atoms with Crippen LogP contribution in [0.4, 0.5) is 17.6 Å². The normalized spacial score (nSPS) is 13.5. The number of nitrogens with one attached hydrogen (secondary N) is 1. The van der Waals surface area contributed by atoms with E-state index in [9.17, 15) is 18.6 Å². The minimum absolute atomic E-state index is 0.00160. The van der Waals surface area contributed by atoms with Gasteiger partial charge in [-0.2, -0.15) is 23.4 Å². The minimum Gasteiger partial charge on any atom is -0.392 e. The number of aromatic nitrogens is 3. The topological polar surface area (TPSA) is 138 Å². The van der Waals surface area contributed by atoms with Gasteiger partial charge >= 0.3 is 0 Å². The van der Waals surface area contributed by atoms with Crippen molar-refractivity contribution in [3.63, 3.8) is 0 Å². The summed E-state index contributed by atoms with van der Waals surface area (Å²) in [5.74, 6) is 0.937. The Bertz CT molecular complexity index is 1300. The molecule has 2 atom stereocenters. The van der Waals surface area contributed by atoms with Crippen LogP contribution in [0.25, 0.3) is 6.08 Å². The van der Waals surface area contributed by atoms with E-state index in [4.69, 9.17) is 4.18 Å². The van der Waals surface area contributed by atoms with Crippen molar-refractivity contribution in [1.29, 1.82) is 0 Å². The van der Waals surface area contributed by atoms with Crippen molar-refractivity contribution >= 4 is 33.8 Å². The van der Waals surface area contributed by atoms with Gasteiger partial charge in [-0.15, -0.1) is 0 Å². The van der Waals surface area contributed by atoms with E-state index < -0.39 is 22.3 Å². The van der Waals surface area contributed by atoms with E-state index in [0.29, 0.717) is 23.5 Å². The van der Waals surface area contributed by atoms with E-state index in [1.165, 1.54) is 6.07 Å². The molecule has 0 saturated carbocycles. The first-order chi connectivity index (χ1) is 17.6. The van der Waals surface area contributed by atoms with Crippen LogP contribution in [-0.4, -0.2) is 66.0 Å². The molecular formula is C26H33N5O5S. The van der Waals surface area contributed by atoms with Gasteiger partial charge in [0.25, 0.3) is 10.1 Å². The van der Waals surface area contributed by atoms with E-state index in [0.717, 1.165) is 12.7 Å². The quantitative estimate of drug-likeness (QED) is 0.301. The highest BCUT2D eigenvalue weighted by Crippen LogP contribution is 2.26. The fourth-order valence-electron chi connectivity index (χ4n) is 3.70. The van der Waals surface area contributed by atoms with E-state index in [1.807, 2.05) is 30.3 Å². The van der Waals surface area contributed by atoms with Crippen LogP contribution in [0.2, 0.25) is 0 Å². The van der Waals surface area contributed by atoms with Crippen LogP contribution in [0.15, 0.2) is 59.5 Å². The van der Waals surface area contributed by atoms with Crippen molar-refractivity contribution in [2.75, 3.05) is 30.4 Å². The lowest BCUT2D eigenvalue weighted by molar-refractivity contribution is 0.177. The lowest BCUT2D eigenvalue weighted by atomic mass is 10.1. The molecule has 2 aromatic carbocycles. The predicted octanol–water partition coefficient (Wildman–Crippen LogP) is 3.14. The Morgan fingerprint density at radius 3 is 2.30 bits per heavy atom. The number of aliphatic hydroxyl groups excluding tert-OH is 2. The summed E-state index contributed by atoms with van der Waals surface area (Å²) in [6.07, 6.45) is 2.46. The number of hydrogen-bond donors (Lipinski definition) is 3. The molecule has 1 heterocycles. The first kappa shape index (κ1) is 28.2. The Morgan fingerprint density at radius 2 is 1.70 bits per heavy atom. The van der Waals surface area contributed by atoms with Gasteiger partial charge in [0.15, 0.2) is 0 Å². The molecule has 11 heteroatoms. The van der Waals surface area contributed by atoms with Gasteiger partial charge in [-0.05, 0) is 44.0 Å². The number of benzene rings is 2. The summed E-state index contributed by atoms with van der Waals surface area (Å²) in [4.78, 5) is 15.4. The maximum absolute atomic E-state index is 12.5. The molecule has 2 unspecified atom stereocenters. The van der Waals surface area contributed by atoms with E-state index in [2.05, 4.69) is 20.3 Å².